The molecule has 1 aromatic rings. The Bertz CT molecular complexity index is 318. The van der Waals surface area contributed by atoms with Crippen molar-refractivity contribution in [2.24, 2.45) is 11.3 Å². The second-order valence-electron chi connectivity index (χ2n) is 5.33. The van der Waals surface area contributed by atoms with Gasteiger partial charge in [0, 0.05) is 5.41 Å². The van der Waals surface area contributed by atoms with Crippen LogP contribution >= 0.6 is 0 Å². The van der Waals surface area contributed by atoms with E-state index in [1.807, 2.05) is 30.3 Å². The van der Waals surface area contributed by atoms with E-state index in [1.54, 1.807) is 0 Å². The van der Waals surface area contributed by atoms with Crippen molar-refractivity contribution in [2.45, 2.75) is 26.7 Å². The van der Waals surface area contributed by atoms with E-state index in [0.717, 1.165) is 12.2 Å². The summed E-state index contributed by atoms with van der Waals surface area (Å²) >= 11 is 0. The molecule has 3 nitrogen and oxygen atoms in total. The number of aliphatic hydroxyl groups excluding tert-OH is 2. The maximum Gasteiger partial charge on any atom is 0.119 e. The molecule has 1 aromatic carbocycles. The first-order valence-corrected chi connectivity index (χ1v) is 6.51. The van der Waals surface area contributed by atoms with Crippen LogP contribution in [-0.2, 0) is 0 Å². The molecule has 0 unspecified atom stereocenters. The summed E-state index contributed by atoms with van der Waals surface area (Å²) in [5.41, 5.74) is -0.428. The third kappa shape index (κ3) is 4.67. The van der Waals surface area contributed by atoms with Crippen LogP contribution in [0.3, 0.4) is 0 Å². The van der Waals surface area contributed by atoms with Crippen LogP contribution in [0.1, 0.15) is 26.7 Å². The highest BCUT2D eigenvalue weighted by Gasteiger charge is 2.29. The van der Waals surface area contributed by atoms with Crippen LogP contribution in [0, 0.1) is 11.3 Å². The summed E-state index contributed by atoms with van der Waals surface area (Å²) in [7, 11) is 0. The molecular weight excluding hydrogens is 228 g/mol. The number of benzene rings is 1. The van der Waals surface area contributed by atoms with Crippen LogP contribution in [-0.4, -0.2) is 30.0 Å². The van der Waals surface area contributed by atoms with E-state index in [9.17, 15) is 10.2 Å². The van der Waals surface area contributed by atoms with Crippen molar-refractivity contribution in [3.8, 4) is 5.75 Å². The summed E-state index contributed by atoms with van der Waals surface area (Å²) in [5, 5.41) is 19.0. The minimum Gasteiger partial charge on any atom is -0.494 e. The second-order valence-corrected chi connectivity index (χ2v) is 5.33. The Morgan fingerprint density at radius 2 is 1.72 bits per heavy atom. The van der Waals surface area contributed by atoms with E-state index in [-0.39, 0.29) is 13.2 Å². The first-order chi connectivity index (χ1) is 8.62. The van der Waals surface area contributed by atoms with E-state index in [1.165, 1.54) is 0 Å². The maximum atomic E-state index is 9.51. The molecule has 0 aliphatic rings. The van der Waals surface area contributed by atoms with Crippen molar-refractivity contribution in [3.63, 3.8) is 0 Å². The van der Waals surface area contributed by atoms with Crippen LogP contribution in [0.4, 0.5) is 0 Å². The van der Waals surface area contributed by atoms with Crippen molar-refractivity contribution >= 4 is 0 Å². The molecular formula is C15H24O3. The lowest BCUT2D eigenvalue weighted by Crippen LogP contribution is -2.33. The average Bonchev–Trinajstić information content (AvgIpc) is 2.38. The molecule has 0 saturated heterocycles. The van der Waals surface area contributed by atoms with Gasteiger partial charge in [-0.15, -0.1) is 0 Å². The molecule has 0 atom stereocenters. The third-order valence-electron chi connectivity index (χ3n) is 3.16. The van der Waals surface area contributed by atoms with Crippen molar-refractivity contribution in [1.29, 1.82) is 0 Å². The van der Waals surface area contributed by atoms with Crippen LogP contribution in [0.15, 0.2) is 30.3 Å². The number of para-hydroxylation sites is 1. The van der Waals surface area contributed by atoms with Crippen LogP contribution < -0.4 is 4.74 Å². The molecule has 0 aliphatic carbocycles. The van der Waals surface area contributed by atoms with Gasteiger partial charge in [0.05, 0.1) is 19.8 Å². The van der Waals surface area contributed by atoms with Gasteiger partial charge in [0.1, 0.15) is 5.75 Å². The number of ether oxygens (including phenoxy) is 1. The van der Waals surface area contributed by atoms with E-state index >= 15 is 0 Å². The van der Waals surface area contributed by atoms with Crippen LogP contribution in [0.25, 0.3) is 0 Å². The number of rotatable bonds is 8. The molecule has 0 aliphatic heterocycles. The molecule has 0 amide bonds. The molecule has 0 saturated carbocycles. The Kier molecular flexibility index (Phi) is 6.16. The predicted octanol–water partition coefficient (Wildman–Crippen LogP) is 2.47. The Morgan fingerprint density at radius 1 is 1.11 bits per heavy atom. The molecule has 0 aromatic heterocycles. The summed E-state index contributed by atoms with van der Waals surface area (Å²) in [6, 6.07) is 9.60. The molecule has 0 bridgehead atoms. The van der Waals surface area contributed by atoms with E-state index < -0.39 is 5.41 Å². The first kappa shape index (κ1) is 15.0. The summed E-state index contributed by atoms with van der Waals surface area (Å²) in [4.78, 5) is 0. The van der Waals surface area contributed by atoms with Gasteiger partial charge in [-0.05, 0) is 30.9 Å². The normalized spacial score (nSPS) is 11.8. The average molecular weight is 252 g/mol. The molecule has 3 heteroatoms. The Hall–Kier alpha value is -1.06. The van der Waals surface area contributed by atoms with Gasteiger partial charge in [-0.2, -0.15) is 0 Å². The van der Waals surface area contributed by atoms with Crippen molar-refractivity contribution in [3.05, 3.63) is 30.3 Å². The predicted molar refractivity (Wildman–Crippen MR) is 72.6 cm³/mol. The fourth-order valence-corrected chi connectivity index (χ4v) is 2.21. The molecule has 0 fully saturated rings. The summed E-state index contributed by atoms with van der Waals surface area (Å²) in [6.45, 7) is 4.70. The molecule has 0 spiro atoms. The molecule has 102 valence electrons. The number of aliphatic hydroxyl groups is 2. The Labute approximate surface area is 109 Å². The van der Waals surface area contributed by atoms with Gasteiger partial charge < -0.3 is 14.9 Å². The van der Waals surface area contributed by atoms with Gasteiger partial charge in [0.15, 0.2) is 0 Å². The number of hydrogen-bond acceptors (Lipinski definition) is 3. The van der Waals surface area contributed by atoms with E-state index in [4.69, 9.17) is 4.74 Å². The summed E-state index contributed by atoms with van der Waals surface area (Å²) in [6.07, 6.45) is 1.46. The standard InChI is InChI=1S/C15H24O3/c1-13(2)10-15(11-16,12-17)8-9-18-14-6-4-3-5-7-14/h3-7,13,16-17H,8-12H2,1-2H3. The quantitative estimate of drug-likeness (QED) is 0.747. The maximum absolute atomic E-state index is 9.51. The lowest BCUT2D eigenvalue weighted by Gasteiger charge is -2.31. The van der Waals surface area contributed by atoms with Crippen molar-refractivity contribution in [1.82, 2.24) is 0 Å². The highest BCUT2D eigenvalue weighted by atomic mass is 16.5. The summed E-state index contributed by atoms with van der Waals surface area (Å²) < 4.78 is 5.62. The Morgan fingerprint density at radius 3 is 2.22 bits per heavy atom. The van der Waals surface area contributed by atoms with Crippen molar-refractivity contribution in [2.75, 3.05) is 19.8 Å². The third-order valence-corrected chi connectivity index (χ3v) is 3.16. The zero-order chi connectivity index (χ0) is 13.4. The van der Waals surface area contributed by atoms with Gasteiger partial charge >= 0.3 is 0 Å². The zero-order valence-electron chi connectivity index (χ0n) is 11.3. The second kappa shape index (κ2) is 7.39. The molecule has 0 radical (unpaired) electrons. The Balaban J connectivity index is 2.47. The van der Waals surface area contributed by atoms with E-state index in [0.29, 0.717) is 18.9 Å². The highest BCUT2D eigenvalue weighted by molar-refractivity contribution is 5.20. The van der Waals surface area contributed by atoms with E-state index in [2.05, 4.69) is 13.8 Å². The molecule has 1 rings (SSSR count). The van der Waals surface area contributed by atoms with Gasteiger partial charge in [0.2, 0.25) is 0 Å². The smallest absolute Gasteiger partial charge is 0.119 e. The largest absolute Gasteiger partial charge is 0.494 e. The minimum atomic E-state index is -0.428. The molecule has 18 heavy (non-hydrogen) atoms. The van der Waals surface area contributed by atoms with Gasteiger partial charge in [-0.25, -0.2) is 0 Å². The van der Waals surface area contributed by atoms with Crippen LogP contribution in [0.2, 0.25) is 0 Å². The fourth-order valence-electron chi connectivity index (χ4n) is 2.21. The molecule has 2 N–H and O–H groups in total. The molecule has 0 heterocycles. The van der Waals surface area contributed by atoms with Gasteiger partial charge in [-0.1, -0.05) is 32.0 Å². The lowest BCUT2D eigenvalue weighted by molar-refractivity contribution is 0.0191. The first-order valence-electron chi connectivity index (χ1n) is 6.51. The van der Waals surface area contributed by atoms with Gasteiger partial charge in [-0.3, -0.25) is 0 Å². The number of hydrogen-bond donors (Lipinski definition) is 2. The van der Waals surface area contributed by atoms with Crippen LogP contribution in [0.5, 0.6) is 5.75 Å². The zero-order valence-corrected chi connectivity index (χ0v) is 11.3. The fraction of sp³-hybridized carbons (Fsp3) is 0.600. The topological polar surface area (TPSA) is 49.7 Å². The van der Waals surface area contributed by atoms with Gasteiger partial charge in [0.25, 0.3) is 0 Å². The van der Waals surface area contributed by atoms with Crippen molar-refractivity contribution < 1.29 is 14.9 Å². The highest BCUT2D eigenvalue weighted by Crippen LogP contribution is 2.29. The monoisotopic (exact) mass is 252 g/mol. The minimum absolute atomic E-state index is 0.000169. The lowest BCUT2D eigenvalue weighted by atomic mass is 9.79. The SMILES string of the molecule is CC(C)CC(CO)(CO)CCOc1ccccc1. The summed E-state index contributed by atoms with van der Waals surface area (Å²) in [5.74, 6) is 1.27.